The van der Waals surface area contributed by atoms with Crippen LogP contribution in [-0.4, -0.2) is 39.4 Å². The number of rotatable bonds is 7. The number of carbonyl (C=O) groups excluding carboxylic acids is 2. The highest BCUT2D eigenvalue weighted by Crippen LogP contribution is 2.45. The summed E-state index contributed by atoms with van der Waals surface area (Å²) < 4.78 is 31.6. The second-order valence-electron chi connectivity index (χ2n) is 14.8. The Morgan fingerprint density at radius 1 is 0.651 bits per heavy atom. The molecule has 312 valence electrons. The predicted molar refractivity (Wildman–Crippen MR) is 244 cm³/mol. The van der Waals surface area contributed by atoms with Crippen LogP contribution in [0.15, 0.2) is 139 Å². The van der Waals surface area contributed by atoms with Gasteiger partial charge in [0.05, 0.1) is 41.1 Å². The van der Waals surface area contributed by atoms with E-state index in [1.165, 1.54) is 11.8 Å². The first-order valence-corrected chi connectivity index (χ1v) is 21.5. The van der Waals surface area contributed by atoms with E-state index in [-0.39, 0.29) is 29.8 Å². The molecule has 2 aliphatic rings. The standard InChI is InChI=1S/C27H20N2O5S.C22H15NO4S/c1-3-32-27(31)21-13-29-22-9-16-6-4-5-7-17(16)10-23(22)33-24-12-19(11-20(25(24)29)26(21)30)35-14-18-8-15(2)34-28-18;1-2-26-22(25)16-11-23-17-7-12-5-3-4-6-13(12)8-18(17)27-19-10-14(28)9-15(20(19)23)21(16)24/h4-13H,3,14H2,1-2H3;3-11,28H,2H2,1H3. The fourth-order valence-electron chi connectivity index (χ4n) is 7.98. The Hall–Kier alpha value is -7.29. The Morgan fingerprint density at radius 3 is 1.63 bits per heavy atom. The van der Waals surface area contributed by atoms with Crippen molar-refractivity contribution in [3.05, 3.63) is 159 Å². The lowest BCUT2D eigenvalue weighted by molar-refractivity contribution is 0.0514. The lowest BCUT2D eigenvalue weighted by atomic mass is 10.1. The van der Waals surface area contributed by atoms with Gasteiger partial charge in [-0.25, -0.2) is 9.59 Å². The number of aryl methyl sites for hydroxylation is 1. The highest BCUT2D eigenvalue weighted by molar-refractivity contribution is 7.98. The number of carbonyl (C=O) groups is 2. The van der Waals surface area contributed by atoms with Crippen molar-refractivity contribution in [3.63, 3.8) is 0 Å². The van der Waals surface area contributed by atoms with E-state index in [0.717, 1.165) is 49.3 Å². The van der Waals surface area contributed by atoms with Crippen LogP contribution in [0.4, 0.5) is 0 Å². The molecular formula is C49H35N3O9S2. The number of hydrogen-bond donors (Lipinski definition) is 1. The van der Waals surface area contributed by atoms with Gasteiger partial charge in [-0.05, 0) is 90.8 Å². The van der Waals surface area contributed by atoms with Crippen LogP contribution in [-0.2, 0) is 15.2 Å². The molecule has 0 fully saturated rings. The minimum atomic E-state index is -0.644. The molecular weight excluding hydrogens is 839 g/mol. The number of benzene rings is 6. The Kier molecular flexibility index (Phi) is 10.0. The first-order valence-electron chi connectivity index (χ1n) is 20.1. The van der Waals surface area contributed by atoms with Gasteiger partial charge < -0.3 is 32.6 Å². The molecule has 0 radical (unpaired) electrons. The fourth-order valence-corrected chi connectivity index (χ4v) is 9.06. The summed E-state index contributed by atoms with van der Waals surface area (Å²) in [6.07, 6.45) is 3.10. The molecule has 12 nitrogen and oxygen atoms in total. The Labute approximate surface area is 368 Å². The van der Waals surface area contributed by atoms with Crippen molar-refractivity contribution in [1.29, 1.82) is 0 Å². The number of aromatic nitrogens is 3. The molecule has 0 spiro atoms. The van der Waals surface area contributed by atoms with E-state index in [4.69, 9.17) is 23.5 Å². The quantitative estimate of drug-likeness (QED) is 0.0929. The lowest BCUT2D eigenvalue weighted by Gasteiger charge is -2.25. The SMILES string of the molecule is CCOC(=O)c1cn2c3c(cc(S)cc3c1=O)Oc1cc3ccccc3cc1-2.CCOC(=O)c1cn2c3c(cc(SCc4cc(C)on4)cc3c1=O)Oc1cc3ccccc3cc1-2. The molecule has 0 bridgehead atoms. The summed E-state index contributed by atoms with van der Waals surface area (Å²) in [6, 6.07) is 32.8. The molecule has 0 saturated heterocycles. The smallest absolute Gasteiger partial charge is 0.343 e. The monoisotopic (exact) mass is 873 g/mol. The van der Waals surface area contributed by atoms with E-state index in [9.17, 15) is 19.2 Å². The van der Waals surface area contributed by atoms with Crippen molar-refractivity contribution < 1.29 is 33.1 Å². The number of hydrogen-bond acceptors (Lipinski definition) is 12. The first-order chi connectivity index (χ1) is 30.6. The number of thioether (sulfide) groups is 1. The van der Waals surface area contributed by atoms with E-state index in [2.05, 4.69) is 17.8 Å². The maximum atomic E-state index is 13.4. The minimum absolute atomic E-state index is 0.0133. The van der Waals surface area contributed by atoms with E-state index in [1.807, 2.05) is 101 Å². The number of ether oxygens (including phenoxy) is 4. The van der Waals surface area contributed by atoms with Gasteiger partial charge >= 0.3 is 11.9 Å². The van der Waals surface area contributed by atoms with Crippen LogP contribution in [0.25, 0.3) is 54.7 Å². The summed E-state index contributed by atoms with van der Waals surface area (Å²) in [5, 5.41) is 8.93. The van der Waals surface area contributed by atoms with Gasteiger partial charge in [-0.1, -0.05) is 53.7 Å². The van der Waals surface area contributed by atoms with Gasteiger partial charge in [0, 0.05) is 34.0 Å². The van der Waals surface area contributed by atoms with Gasteiger partial charge in [0.1, 0.15) is 27.9 Å². The van der Waals surface area contributed by atoms with Crippen LogP contribution in [0.2, 0.25) is 0 Å². The summed E-state index contributed by atoms with van der Waals surface area (Å²) in [6.45, 7) is 5.64. The van der Waals surface area contributed by atoms with Crippen LogP contribution in [0.5, 0.6) is 23.0 Å². The number of esters is 2. The molecule has 0 N–H and O–H groups in total. The van der Waals surface area contributed by atoms with Crippen LogP contribution in [0, 0.1) is 6.92 Å². The van der Waals surface area contributed by atoms with Crippen LogP contribution >= 0.6 is 24.4 Å². The first kappa shape index (κ1) is 39.8. The number of pyridine rings is 2. The average Bonchev–Trinajstić information content (AvgIpc) is 3.70. The minimum Gasteiger partial charge on any atom is -0.462 e. The highest BCUT2D eigenvalue weighted by atomic mass is 32.2. The zero-order chi connectivity index (χ0) is 43.5. The van der Waals surface area contributed by atoms with Gasteiger partial charge in [-0.15, -0.1) is 24.4 Å². The maximum absolute atomic E-state index is 13.4. The largest absolute Gasteiger partial charge is 0.462 e. The number of nitrogens with zero attached hydrogens (tertiary/aromatic N) is 3. The lowest BCUT2D eigenvalue weighted by Crippen LogP contribution is -2.22. The third-order valence-electron chi connectivity index (χ3n) is 10.8. The molecule has 0 atom stereocenters. The topological polar surface area (TPSA) is 141 Å². The van der Waals surface area contributed by atoms with Crippen LogP contribution < -0.4 is 20.3 Å². The second-order valence-corrected chi connectivity index (χ2v) is 16.4. The summed E-state index contributed by atoms with van der Waals surface area (Å²) in [5.41, 5.74) is 2.74. The van der Waals surface area contributed by atoms with Gasteiger partial charge in [0.25, 0.3) is 0 Å². The van der Waals surface area contributed by atoms with Crippen molar-refractivity contribution in [1.82, 2.24) is 14.3 Å². The third-order valence-corrected chi connectivity index (χ3v) is 12.0. The zero-order valence-corrected chi connectivity index (χ0v) is 35.7. The molecule has 14 heteroatoms. The summed E-state index contributed by atoms with van der Waals surface area (Å²) >= 11 is 5.91. The molecule has 9 aromatic rings. The average molecular weight is 874 g/mol. The van der Waals surface area contributed by atoms with Gasteiger partial charge in [-0.2, -0.15) is 0 Å². The highest BCUT2D eigenvalue weighted by Gasteiger charge is 2.28. The van der Waals surface area contributed by atoms with E-state index < -0.39 is 17.4 Å². The Morgan fingerprint density at radius 2 is 1.14 bits per heavy atom. The predicted octanol–water partition coefficient (Wildman–Crippen LogP) is 10.7. The van der Waals surface area contributed by atoms with Crippen molar-refractivity contribution in [2.75, 3.05) is 13.2 Å². The molecule has 0 aliphatic carbocycles. The third kappa shape index (κ3) is 7.06. The van der Waals surface area contributed by atoms with Crippen LogP contribution in [0.1, 0.15) is 46.0 Å². The Bertz CT molecular complexity index is 3520. The summed E-state index contributed by atoms with van der Waals surface area (Å²) in [7, 11) is 0. The van der Waals surface area contributed by atoms with Gasteiger partial charge in [-0.3, -0.25) is 9.59 Å². The van der Waals surface area contributed by atoms with Crippen molar-refractivity contribution in [2.45, 2.75) is 36.3 Å². The summed E-state index contributed by atoms with van der Waals surface area (Å²) in [5.74, 6) is 2.38. The fraction of sp³-hybridized carbons (Fsp3) is 0.122. The number of thiol groups is 1. The molecule has 0 saturated carbocycles. The van der Waals surface area contributed by atoms with Crippen LogP contribution in [0.3, 0.4) is 0 Å². The molecule has 11 rings (SSSR count). The number of fused-ring (bicyclic) bond motifs is 6. The van der Waals surface area contributed by atoms with Gasteiger partial charge in [0.2, 0.25) is 10.9 Å². The van der Waals surface area contributed by atoms with E-state index in [1.54, 1.807) is 44.4 Å². The molecule has 63 heavy (non-hydrogen) atoms. The van der Waals surface area contributed by atoms with Gasteiger partial charge in [0.15, 0.2) is 23.0 Å². The normalized spacial score (nSPS) is 11.9. The van der Waals surface area contributed by atoms with E-state index in [0.29, 0.717) is 55.5 Å². The zero-order valence-electron chi connectivity index (χ0n) is 34.0. The van der Waals surface area contributed by atoms with Crippen molar-refractivity contribution in [3.8, 4) is 34.4 Å². The van der Waals surface area contributed by atoms with Crippen molar-refractivity contribution in [2.24, 2.45) is 0 Å². The molecule has 2 aliphatic heterocycles. The Balaban J connectivity index is 0.000000153. The van der Waals surface area contributed by atoms with Crippen molar-refractivity contribution >= 4 is 79.7 Å². The molecule has 3 aromatic heterocycles. The molecule has 0 unspecified atom stereocenters. The molecule has 0 amide bonds. The molecule has 5 heterocycles. The molecule has 6 aromatic carbocycles. The summed E-state index contributed by atoms with van der Waals surface area (Å²) in [4.78, 5) is 52.9. The second kappa shape index (κ2) is 15.9. The maximum Gasteiger partial charge on any atom is 0.343 e. The van der Waals surface area contributed by atoms with E-state index >= 15 is 0 Å².